The van der Waals surface area contributed by atoms with E-state index < -0.39 is 5.97 Å². The SMILES string of the molecule is CCCc1c(C2CC2c2cccc(C)c2)oc2ccc(C(=O)OCC)cc2c1=O. The first-order chi connectivity index (χ1) is 14.0. The van der Waals surface area contributed by atoms with E-state index in [2.05, 4.69) is 38.1 Å². The van der Waals surface area contributed by atoms with Crippen LogP contribution < -0.4 is 5.43 Å². The summed E-state index contributed by atoms with van der Waals surface area (Å²) in [4.78, 5) is 25.4. The molecule has 1 fully saturated rings. The van der Waals surface area contributed by atoms with E-state index >= 15 is 0 Å². The molecule has 0 amide bonds. The Kier molecular flexibility index (Phi) is 5.27. The van der Waals surface area contributed by atoms with E-state index in [1.165, 1.54) is 11.1 Å². The van der Waals surface area contributed by atoms with Crippen molar-refractivity contribution in [2.45, 2.75) is 51.9 Å². The van der Waals surface area contributed by atoms with Gasteiger partial charge in [-0.2, -0.15) is 0 Å². The highest BCUT2D eigenvalue weighted by Gasteiger charge is 2.43. The van der Waals surface area contributed by atoms with Gasteiger partial charge in [-0.3, -0.25) is 4.79 Å². The maximum atomic E-state index is 13.3. The molecule has 2 atom stereocenters. The van der Waals surface area contributed by atoms with Gasteiger partial charge in [-0.05, 0) is 56.4 Å². The van der Waals surface area contributed by atoms with E-state index in [9.17, 15) is 9.59 Å². The van der Waals surface area contributed by atoms with E-state index in [4.69, 9.17) is 9.15 Å². The van der Waals surface area contributed by atoms with E-state index in [-0.39, 0.29) is 11.3 Å². The van der Waals surface area contributed by atoms with Gasteiger partial charge in [0, 0.05) is 11.5 Å². The molecule has 4 heteroatoms. The molecule has 2 aromatic carbocycles. The molecule has 1 aliphatic carbocycles. The summed E-state index contributed by atoms with van der Waals surface area (Å²) in [5.41, 5.74) is 4.19. The molecule has 150 valence electrons. The second-order valence-corrected chi connectivity index (χ2v) is 7.82. The lowest BCUT2D eigenvalue weighted by Crippen LogP contribution is -2.14. The third kappa shape index (κ3) is 3.71. The number of carbonyl (C=O) groups is 1. The summed E-state index contributed by atoms with van der Waals surface area (Å²) in [6.45, 7) is 6.22. The van der Waals surface area contributed by atoms with Gasteiger partial charge >= 0.3 is 5.97 Å². The first-order valence-corrected chi connectivity index (χ1v) is 10.4. The lowest BCUT2D eigenvalue weighted by Gasteiger charge is -2.11. The quantitative estimate of drug-likeness (QED) is 0.521. The number of ether oxygens (including phenoxy) is 1. The fourth-order valence-corrected chi connectivity index (χ4v) is 4.13. The standard InChI is InChI=1S/C25H26O4/c1-4-7-18-23(26)21-13-17(25(27)28-5-2)10-11-22(21)29-24(18)20-14-19(20)16-9-6-8-15(3)12-16/h6,8-13,19-20H,4-5,7,14H2,1-3H3. The molecular weight excluding hydrogens is 364 g/mol. The highest BCUT2D eigenvalue weighted by atomic mass is 16.5. The van der Waals surface area contributed by atoms with Crippen LogP contribution in [0.3, 0.4) is 0 Å². The van der Waals surface area contributed by atoms with Gasteiger partial charge in [-0.15, -0.1) is 0 Å². The molecule has 0 N–H and O–H groups in total. The Hall–Kier alpha value is -2.88. The van der Waals surface area contributed by atoms with Gasteiger partial charge in [0.1, 0.15) is 11.3 Å². The summed E-state index contributed by atoms with van der Waals surface area (Å²) in [6.07, 6.45) is 2.53. The first-order valence-electron chi connectivity index (χ1n) is 10.4. The van der Waals surface area contributed by atoms with Crippen molar-refractivity contribution in [1.82, 2.24) is 0 Å². The summed E-state index contributed by atoms with van der Waals surface area (Å²) < 4.78 is 11.3. The van der Waals surface area contributed by atoms with Gasteiger partial charge in [-0.25, -0.2) is 4.79 Å². The first kappa shape index (κ1) is 19.4. The van der Waals surface area contributed by atoms with Crippen molar-refractivity contribution in [3.8, 4) is 0 Å². The molecule has 0 spiro atoms. The molecule has 0 bridgehead atoms. The number of aryl methyl sites for hydroxylation is 1. The smallest absolute Gasteiger partial charge is 0.338 e. The van der Waals surface area contributed by atoms with Crippen LogP contribution in [0.25, 0.3) is 11.0 Å². The number of benzene rings is 2. The van der Waals surface area contributed by atoms with Crippen molar-refractivity contribution >= 4 is 16.9 Å². The monoisotopic (exact) mass is 390 g/mol. The average Bonchev–Trinajstić information content (AvgIpc) is 3.51. The Bertz CT molecular complexity index is 1130. The van der Waals surface area contributed by atoms with Crippen molar-refractivity contribution in [2.24, 2.45) is 0 Å². The Labute approximate surface area is 170 Å². The third-order valence-electron chi connectivity index (χ3n) is 5.62. The molecule has 1 saturated carbocycles. The highest BCUT2D eigenvalue weighted by Crippen LogP contribution is 2.55. The minimum Gasteiger partial charge on any atom is -0.462 e. The number of hydrogen-bond donors (Lipinski definition) is 0. The van der Waals surface area contributed by atoms with E-state index in [1.54, 1.807) is 25.1 Å². The number of esters is 1. The molecule has 3 aromatic rings. The second kappa shape index (κ2) is 7.86. The lowest BCUT2D eigenvalue weighted by molar-refractivity contribution is 0.0526. The number of fused-ring (bicyclic) bond motifs is 1. The van der Waals surface area contributed by atoms with Gasteiger partial charge in [0.05, 0.1) is 17.6 Å². The minimum absolute atomic E-state index is 0.0239. The highest BCUT2D eigenvalue weighted by molar-refractivity contribution is 5.94. The van der Waals surface area contributed by atoms with Crippen LogP contribution in [0.15, 0.2) is 51.7 Å². The molecule has 4 rings (SSSR count). The van der Waals surface area contributed by atoms with Gasteiger partial charge < -0.3 is 9.15 Å². The van der Waals surface area contributed by atoms with E-state index in [0.29, 0.717) is 35.5 Å². The molecule has 29 heavy (non-hydrogen) atoms. The molecular formula is C25H26O4. The topological polar surface area (TPSA) is 56.5 Å². The molecule has 2 unspecified atom stereocenters. The Morgan fingerprint density at radius 3 is 2.69 bits per heavy atom. The second-order valence-electron chi connectivity index (χ2n) is 7.82. The molecule has 1 aliphatic rings. The summed E-state index contributed by atoms with van der Waals surface area (Å²) in [5, 5.41) is 0.454. The molecule has 1 heterocycles. The van der Waals surface area contributed by atoms with Gasteiger partial charge in [0.25, 0.3) is 0 Å². The van der Waals surface area contributed by atoms with Crippen molar-refractivity contribution < 1.29 is 13.9 Å². The van der Waals surface area contributed by atoms with Crippen molar-refractivity contribution in [3.63, 3.8) is 0 Å². The van der Waals surface area contributed by atoms with Crippen LogP contribution in [0.4, 0.5) is 0 Å². The van der Waals surface area contributed by atoms with Gasteiger partial charge in [-0.1, -0.05) is 43.2 Å². The van der Waals surface area contributed by atoms with Crippen LogP contribution in [0.2, 0.25) is 0 Å². The summed E-state index contributed by atoms with van der Waals surface area (Å²) in [5.74, 6) is 1.03. The van der Waals surface area contributed by atoms with Crippen LogP contribution in [-0.4, -0.2) is 12.6 Å². The lowest BCUT2D eigenvalue weighted by atomic mass is 10.00. The van der Waals surface area contributed by atoms with E-state index in [0.717, 1.165) is 24.2 Å². The van der Waals surface area contributed by atoms with Gasteiger partial charge in [0.2, 0.25) is 0 Å². The summed E-state index contributed by atoms with van der Waals surface area (Å²) in [7, 11) is 0. The Balaban J connectivity index is 1.77. The minimum atomic E-state index is -0.420. The van der Waals surface area contributed by atoms with Crippen LogP contribution >= 0.6 is 0 Å². The zero-order valence-corrected chi connectivity index (χ0v) is 17.2. The third-order valence-corrected chi connectivity index (χ3v) is 5.62. The zero-order valence-electron chi connectivity index (χ0n) is 17.2. The number of carbonyl (C=O) groups excluding carboxylic acids is 1. The Morgan fingerprint density at radius 1 is 1.14 bits per heavy atom. The molecule has 0 saturated heterocycles. The van der Waals surface area contributed by atoms with Crippen LogP contribution in [0, 0.1) is 6.92 Å². The Morgan fingerprint density at radius 2 is 1.97 bits per heavy atom. The van der Waals surface area contributed by atoms with Crippen molar-refractivity contribution in [3.05, 3.63) is 80.7 Å². The molecule has 0 radical (unpaired) electrons. The van der Waals surface area contributed by atoms with Crippen LogP contribution in [0.1, 0.15) is 71.3 Å². The average molecular weight is 390 g/mol. The number of hydrogen-bond acceptors (Lipinski definition) is 4. The maximum absolute atomic E-state index is 13.3. The number of rotatable bonds is 6. The zero-order chi connectivity index (χ0) is 20.5. The fourth-order valence-electron chi connectivity index (χ4n) is 4.13. The largest absolute Gasteiger partial charge is 0.462 e. The maximum Gasteiger partial charge on any atom is 0.338 e. The van der Waals surface area contributed by atoms with Crippen LogP contribution in [-0.2, 0) is 11.2 Å². The van der Waals surface area contributed by atoms with Crippen LogP contribution in [0.5, 0.6) is 0 Å². The van der Waals surface area contributed by atoms with Crippen molar-refractivity contribution in [1.29, 1.82) is 0 Å². The normalized spacial score (nSPS) is 18.0. The molecule has 4 nitrogen and oxygen atoms in total. The van der Waals surface area contributed by atoms with Gasteiger partial charge in [0.15, 0.2) is 5.43 Å². The molecule has 1 aromatic heterocycles. The van der Waals surface area contributed by atoms with Crippen molar-refractivity contribution in [2.75, 3.05) is 6.61 Å². The summed E-state index contributed by atoms with van der Waals surface area (Å²) >= 11 is 0. The summed E-state index contributed by atoms with van der Waals surface area (Å²) in [6, 6.07) is 13.5. The van der Waals surface area contributed by atoms with E-state index in [1.807, 2.05) is 0 Å². The fraction of sp³-hybridized carbons (Fsp3) is 0.360. The predicted octanol–water partition coefficient (Wildman–Crippen LogP) is 5.50. The predicted molar refractivity (Wildman–Crippen MR) is 114 cm³/mol. The molecule has 0 aliphatic heterocycles.